The van der Waals surface area contributed by atoms with Gasteiger partial charge in [0.1, 0.15) is 11.9 Å². The molecule has 2 N–H and O–H groups in total. The van der Waals surface area contributed by atoms with E-state index in [2.05, 4.69) is 10.6 Å². The van der Waals surface area contributed by atoms with Crippen LogP contribution >= 0.6 is 0 Å². The van der Waals surface area contributed by atoms with Crippen LogP contribution in [0.4, 0.5) is 10.1 Å². The SMILES string of the molecule is CCN(CC)C(=O)c1cccc(NC(=O)[C@H](NC(=O)c2ccccc2F)C(C)C)c1. The first-order valence-electron chi connectivity index (χ1n) is 10.0. The topological polar surface area (TPSA) is 78.5 Å². The first-order chi connectivity index (χ1) is 14.3. The molecule has 0 spiro atoms. The molecule has 0 fully saturated rings. The molecule has 160 valence electrons. The Morgan fingerprint density at radius 2 is 1.67 bits per heavy atom. The standard InChI is InChI=1S/C23H28FN3O3/c1-5-27(6-2)23(30)16-10-9-11-17(14-16)25-22(29)20(15(3)4)26-21(28)18-12-7-8-13-19(18)24/h7-15,20H,5-6H2,1-4H3,(H,25,29)(H,26,28)/t20-/m1/s1. The van der Waals surface area contributed by atoms with E-state index < -0.39 is 23.7 Å². The minimum atomic E-state index is -0.876. The number of anilines is 1. The first-order valence-corrected chi connectivity index (χ1v) is 10.0. The van der Waals surface area contributed by atoms with Crippen LogP contribution in [0.15, 0.2) is 48.5 Å². The van der Waals surface area contributed by atoms with Gasteiger partial charge >= 0.3 is 0 Å². The molecule has 2 aromatic carbocycles. The fraction of sp³-hybridized carbons (Fsp3) is 0.348. The second kappa shape index (κ2) is 10.5. The maximum Gasteiger partial charge on any atom is 0.254 e. The van der Waals surface area contributed by atoms with Crippen LogP contribution in [0.1, 0.15) is 48.4 Å². The predicted octanol–water partition coefficient (Wildman–Crippen LogP) is 3.70. The van der Waals surface area contributed by atoms with Crippen molar-refractivity contribution in [3.8, 4) is 0 Å². The monoisotopic (exact) mass is 413 g/mol. The second-order valence-corrected chi connectivity index (χ2v) is 7.22. The Balaban J connectivity index is 2.16. The van der Waals surface area contributed by atoms with Gasteiger partial charge in [0.05, 0.1) is 5.56 Å². The molecule has 1 atom stereocenters. The van der Waals surface area contributed by atoms with Crippen LogP contribution in [-0.2, 0) is 4.79 Å². The predicted molar refractivity (Wildman–Crippen MR) is 115 cm³/mol. The highest BCUT2D eigenvalue weighted by Crippen LogP contribution is 2.15. The summed E-state index contributed by atoms with van der Waals surface area (Å²) in [6, 6.07) is 11.4. The summed E-state index contributed by atoms with van der Waals surface area (Å²) >= 11 is 0. The summed E-state index contributed by atoms with van der Waals surface area (Å²) in [7, 11) is 0. The lowest BCUT2D eigenvalue weighted by atomic mass is 10.0. The van der Waals surface area contributed by atoms with Gasteiger partial charge in [0.25, 0.3) is 11.8 Å². The van der Waals surface area contributed by atoms with Gasteiger partial charge in [-0.2, -0.15) is 0 Å². The van der Waals surface area contributed by atoms with E-state index in [-0.39, 0.29) is 17.4 Å². The highest BCUT2D eigenvalue weighted by Gasteiger charge is 2.26. The van der Waals surface area contributed by atoms with Gasteiger partial charge < -0.3 is 15.5 Å². The van der Waals surface area contributed by atoms with Gasteiger partial charge in [-0.3, -0.25) is 14.4 Å². The molecule has 3 amide bonds. The summed E-state index contributed by atoms with van der Waals surface area (Å²) in [4.78, 5) is 39.5. The largest absolute Gasteiger partial charge is 0.340 e. The molecule has 30 heavy (non-hydrogen) atoms. The van der Waals surface area contributed by atoms with Crippen LogP contribution in [0.2, 0.25) is 0 Å². The fourth-order valence-electron chi connectivity index (χ4n) is 3.04. The molecule has 2 aromatic rings. The Morgan fingerprint density at radius 3 is 2.27 bits per heavy atom. The normalized spacial score (nSPS) is 11.7. The smallest absolute Gasteiger partial charge is 0.254 e. The number of hydrogen-bond acceptors (Lipinski definition) is 3. The summed E-state index contributed by atoms with van der Waals surface area (Å²) in [5.74, 6) is -2.11. The Morgan fingerprint density at radius 1 is 1.00 bits per heavy atom. The summed E-state index contributed by atoms with van der Waals surface area (Å²) in [5.41, 5.74) is 0.791. The van der Waals surface area contributed by atoms with Crippen LogP contribution in [0, 0.1) is 11.7 Å². The second-order valence-electron chi connectivity index (χ2n) is 7.22. The molecule has 0 heterocycles. The molecule has 0 saturated carbocycles. The lowest BCUT2D eigenvalue weighted by molar-refractivity contribution is -0.118. The lowest BCUT2D eigenvalue weighted by Gasteiger charge is -2.22. The Kier molecular flexibility index (Phi) is 8.09. The van der Waals surface area contributed by atoms with Gasteiger partial charge in [-0.1, -0.05) is 32.0 Å². The van der Waals surface area contributed by atoms with E-state index in [9.17, 15) is 18.8 Å². The van der Waals surface area contributed by atoms with Crippen molar-refractivity contribution in [2.24, 2.45) is 5.92 Å². The van der Waals surface area contributed by atoms with Gasteiger partial charge in [-0.15, -0.1) is 0 Å². The molecule has 7 heteroatoms. The Bertz CT molecular complexity index is 910. The van der Waals surface area contributed by atoms with Gasteiger partial charge in [0.2, 0.25) is 5.91 Å². The summed E-state index contributed by atoms with van der Waals surface area (Å²) in [6.07, 6.45) is 0. The van der Waals surface area contributed by atoms with Crippen LogP contribution < -0.4 is 10.6 Å². The number of carbonyl (C=O) groups excluding carboxylic acids is 3. The van der Waals surface area contributed by atoms with Crippen molar-refractivity contribution in [3.63, 3.8) is 0 Å². The molecule has 0 aliphatic heterocycles. The van der Waals surface area contributed by atoms with Crippen molar-refractivity contribution in [1.82, 2.24) is 10.2 Å². The third kappa shape index (κ3) is 5.65. The molecule has 0 aliphatic carbocycles. The summed E-state index contributed by atoms with van der Waals surface area (Å²) < 4.78 is 13.9. The summed E-state index contributed by atoms with van der Waals surface area (Å²) in [5, 5.41) is 5.35. The molecule has 0 saturated heterocycles. The molecule has 0 aliphatic rings. The quantitative estimate of drug-likeness (QED) is 0.693. The minimum Gasteiger partial charge on any atom is -0.340 e. The highest BCUT2D eigenvalue weighted by atomic mass is 19.1. The number of nitrogens with one attached hydrogen (secondary N) is 2. The van der Waals surface area contributed by atoms with E-state index in [4.69, 9.17) is 0 Å². The van der Waals surface area contributed by atoms with Gasteiger partial charge in [-0.05, 0) is 50.1 Å². The van der Waals surface area contributed by atoms with Crippen LogP contribution in [0.25, 0.3) is 0 Å². The molecular weight excluding hydrogens is 385 g/mol. The zero-order chi connectivity index (χ0) is 22.3. The van der Waals surface area contributed by atoms with Crippen molar-refractivity contribution in [2.75, 3.05) is 18.4 Å². The molecule has 0 unspecified atom stereocenters. The Hall–Kier alpha value is -3.22. The zero-order valence-corrected chi connectivity index (χ0v) is 17.7. The molecule has 6 nitrogen and oxygen atoms in total. The first kappa shape index (κ1) is 23.1. The number of carbonyl (C=O) groups is 3. The van der Waals surface area contributed by atoms with Crippen molar-refractivity contribution < 1.29 is 18.8 Å². The van der Waals surface area contributed by atoms with Crippen molar-refractivity contribution in [2.45, 2.75) is 33.7 Å². The molecule has 0 aromatic heterocycles. The highest BCUT2D eigenvalue weighted by molar-refractivity contribution is 6.02. The Labute approximate surface area is 176 Å². The molecule has 0 radical (unpaired) electrons. The average molecular weight is 413 g/mol. The van der Waals surface area contributed by atoms with Gasteiger partial charge in [0.15, 0.2) is 0 Å². The number of rotatable bonds is 8. The van der Waals surface area contributed by atoms with Crippen molar-refractivity contribution in [3.05, 3.63) is 65.5 Å². The van der Waals surface area contributed by atoms with E-state index in [0.29, 0.717) is 24.3 Å². The number of halogens is 1. The summed E-state index contributed by atoms with van der Waals surface area (Å²) in [6.45, 7) is 8.54. The molecular formula is C23H28FN3O3. The average Bonchev–Trinajstić information content (AvgIpc) is 2.72. The van der Waals surface area contributed by atoms with Crippen molar-refractivity contribution >= 4 is 23.4 Å². The van der Waals surface area contributed by atoms with Gasteiger partial charge in [0, 0.05) is 24.3 Å². The van der Waals surface area contributed by atoms with E-state index in [1.165, 1.54) is 18.2 Å². The minimum absolute atomic E-state index is 0.121. The van der Waals surface area contributed by atoms with Crippen LogP contribution in [0.5, 0.6) is 0 Å². The van der Waals surface area contributed by atoms with E-state index in [1.54, 1.807) is 49.1 Å². The van der Waals surface area contributed by atoms with Crippen LogP contribution in [0.3, 0.4) is 0 Å². The number of benzene rings is 2. The van der Waals surface area contributed by atoms with Crippen LogP contribution in [-0.4, -0.2) is 41.8 Å². The van der Waals surface area contributed by atoms with Gasteiger partial charge in [-0.25, -0.2) is 4.39 Å². The third-order valence-corrected chi connectivity index (χ3v) is 4.78. The molecule has 0 bridgehead atoms. The maximum atomic E-state index is 13.9. The fourth-order valence-corrected chi connectivity index (χ4v) is 3.04. The maximum absolute atomic E-state index is 13.9. The molecule has 2 rings (SSSR count). The van der Waals surface area contributed by atoms with E-state index >= 15 is 0 Å². The zero-order valence-electron chi connectivity index (χ0n) is 17.7. The lowest BCUT2D eigenvalue weighted by Crippen LogP contribution is -2.47. The number of amides is 3. The third-order valence-electron chi connectivity index (χ3n) is 4.78. The van der Waals surface area contributed by atoms with E-state index in [1.807, 2.05) is 13.8 Å². The number of hydrogen-bond donors (Lipinski definition) is 2. The number of nitrogens with zero attached hydrogens (tertiary/aromatic N) is 1. The van der Waals surface area contributed by atoms with Crippen molar-refractivity contribution in [1.29, 1.82) is 0 Å². The van der Waals surface area contributed by atoms with E-state index in [0.717, 1.165) is 0 Å².